The minimum absolute atomic E-state index is 0.0430. The average molecular weight is 418 g/mol. The number of nitrogens with zero attached hydrogens (tertiary/aromatic N) is 2. The molecule has 0 bridgehead atoms. The molecule has 7 nitrogen and oxygen atoms in total. The standard InChI is InChI=1S/C20H17ClFN3O4/c21-13-2-1-11(7-14(13)22)25-20-17-15(23-10-24-20)8-16(29-12-3-4-26-9-12)18-19(17)28-6-5-27-18/h1-2,7-8,10,12H,3-6,9H2,(H,23,24,25). The maximum Gasteiger partial charge on any atom is 0.204 e. The Balaban J connectivity index is 1.59. The fraction of sp³-hybridized carbons (Fsp3) is 0.300. The number of halogens is 2. The van der Waals surface area contributed by atoms with Gasteiger partial charge in [-0.05, 0) is 18.2 Å². The van der Waals surface area contributed by atoms with Crippen molar-refractivity contribution in [1.29, 1.82) is 0 Å². The van der Waals surface area contributed by atoms with Gasteiger partial charge in [-0.3, -0.25) is 0 Å². The molecule has 0 radical (unpaired) electrons. The zero-order valence-electron chi connectivity index (χ0n) is 15.3. The summed E-state index contributed by atoms with van der Waals surface area (Å²) in [5.41, 5.74) is 1.12. The van der Waals surface area contributed by atoms with Crippen LogP contribution in [0, 0.1) is 5.82 Å². The molecular weight excluding hydrogens is 401 g/mol. The highest BCUT2D eigenvalue weighted by atomic mass is 35.5. The van der Waals surface area contributed by atoms with Gasteiger partial charge in [0.2, 0.25) is 5.75 Å². The number of fused-ring (bicyclic) bond motifs is 3. The SMILES string of the molecule is Fc1cc(Nc2ncnc3cc(OC4CCOC4)c4c(c23)OCCO4)ccc1Cl. The van der Waals surface area contributed by atoms with Crippen LogP contribution in [0.1, 0.15) is 6.42 Å². The molecule has 2 aliphatic rings. The van der Waals surface area contributed by atoms with Gasteiger partial charge in [0.15, 0.2) is 11.5 Å². The summed E-state index contributed by atoms with van der Waals surface area (Å²) in [4.78, 5) is 8.69. The molecule has 2 aromatic carbocycles. The molecule has 2 aliphatic heterocycles. The van der Waals surface area contributed by atoms with E-state index in [1.165, 1.54) is 18.5 Å². The lowest BCUT2D eigenvalue weighted by Crippen LogP contribution is -2.20. The van der Waals surface area contributed by atoms with E-state index in [9.17, 15) is 4.39 Å². The second-order valence-corrected chi connectivity index (χ2v) is 7.11. The Bertz CT molecular complexity index is 1080. The van der Waals surface area contributed by atoms with Crippen LogP contribution >= 0.6 is 11.6 Å². The van der Waals surface area contributed by atoms with E-state index in [1.54, 1.807) is 12.1 Å². The lowest BCUT2D eigenvalue weighted by atomic mass is 10.1. The van der Waals surface area contributed by atoms with E-state index in [1.807, 2.05) is 0 Å². The fourth-order valence-electron chi connectivity index (χ4n) is 3.39. The van der Waals surface area contributed by atoms with Gasteiger partial charge in [-0.1, -0.05) is 11.6 Å². The van der Waals surface area contributed by atoms with E-state index < -0.39 is 5.82 Å². The highest BCUT2D eigenvalue weighted by molar-refractivity contribution is 6.30. The predicted molar refractivity (Wildman–Crippen MR) is 105 cm³/mol. The number of ether oxygens (including phenoxy) is 4. The Morgan fingerprint density at radius 2 is 1.97 bits per heavy atom. The molecule has 1 aromatic heterocycles. The van der Waals surface area contributed by atoms with Gasteiger partial charge in [-0.2, -0.15) is 0 Å². The highest BCUT2D eigenvalue weighted by Gasteiger charge is 2.27. The Kier molecular flexibility index (Phi) is 4.73. The molecule has 1 saturated heterocycles. The second kappa shape index (κ2) is 7.53. The molecule has 150 valence electrons. The van der Waals surface area contributed by atoms with E-state index >= 15 is 0 Å². The van der Waals surface area contributed by atoms with E-state index in [-0.39, 0.29) is 11.1 Å². The molecule has 1 N–H and O–H groups in total. The zero-order chi connectivity index (χ0) is 19.8. The number of hydrogen-bond donors (Lipinski definition) is 1. The van der Waals surface area contributed by atoms with Crippen molar-refractivity contribution in [2.45, 2.75) is 12.5 Å². The molecule has 0 saturated carbocycles. The van der Waals surface area contributed by atoms with E-state index in [0.717, 1.165) is 6.42 Å². The number of anilines is 2. The monoisotopic (exact) mass is 417 g/mol. The van der Waals surface area contributed by atoms with E-state index in [0.29, 0.717) is 66.1 Å². The number of benzene rings is 2. The van der Waals surface area contributed by atoms with Crippen LogP contribution in [0.3, 0.4) is 0 Å². The maximum atomic E-state index is 13.8. The summed E-state index contributed by atoms with van der Waals surface area (Å²) in [6.45, 7) is 2.01. The van der Waals surface area contributed by atoms with Gasteiger partial charge < -0.3 is 24.3 Å². The van der Waals surface area contributed by atoms with Crippen molar-refractivity contribution in [3.8, 4) is 17.2 Å². The molecule has 0 amide bonds. The van der Waals surface area contributed by atoms with Crippen LogP contribution < -0.4 is 19.5 Å². The minimum Gasteiger partial charge on any atom is -0.485 e. The lowest BCUT2D eigenvalue weighted by Gasteiger charge is -2.24. The summed E-state index contributed by atoms with van der Waals surface area (Å²) >= 11 is 5.77. The maximum absolute atomic E-state index is 13.8. The van der Waals surface area contributed by atoms with Crippen molar-refractivity contribution < 1.29 is 23.3 Å². The topological polar surface area (TPSA) is 74.7 Å². The number of nitrogens with one attached hydrogen (secondary N) is 1. The first-order valence-corrected chi connectivity index (χ1v) is 9.60. The smallest absolute Gasteiger partial charge is 0.204 e. The molecule has 0 spiro atoms. The van der Waals surface area contributed by atoms with Crippen molar-refractivity contribution in [2.24, 2.45) is 0 Å². The summed E-state index contributed by atoms with van der Waals surface area (Å²) in [6, 6.07) is 6.25. The van der Waals surface area contributed by atoms with Gasteiger partial charge in [-0.25, -0.2) is 14.4 Å². The number of hydrogen-bond acceptors (Lipinski definition) is 7. The van der Waals surface area contributed by atoms with Crippen LogP contribution in [0.2, 0.25) is 5.02 Å². The predicted octanol–water partition coefficient (Wildman–Crippen LogP) is 4.10. The highest BCUT2D eigenvalue weighted by Crippen LogP contribution is 2.47. The Morgan fingerprint density at radius 3 is 2.76 bits per heavy atom. The first-order valence-electron chi connectivity index (χ1n) is 9.23. The molecule has 3 aromatic rings. The van der Waals surface area contributed by atoms with Crippen LogP contribution in [-0.4, -0.2) is 42.5 Å². The summed E-state index contributed by atoms with van der Waals surface area (Å²) < 4.78 is 37.1. The molecular formula is C20H17ClFN3O4. The summed E-state index contributed by atoms with van der Waals surface area (Å²) in [6.07, 6.45) is 2.19. The minimum atomic E-state index is -0.522. The van der Waals surface area contributed by atoms with Crippen molar-refractivity contribution in [2.75, 3.05) is 31.7 Å². The normalized spacial score (nSPS) is 18.1. The number of rotatable bonds is 4. The van der Waals surface area contributed by atoms with Gasteiger partial charge in [0.05, 0.1) is 29.1 Å². The van der Waals surface area contributed by atoms with Gasteiger partial charge in [0.1, 0.15) is 37.3 Å². The first-order chi connectivity index (χ1) is 14.2. The van der Waals surface area contributed by atoms with Crippen LogP contribution in [0.4, 0.5) is 15.9 Å². The van der Waals surface area contributed by atoms with Gasteiger partial charge >= 0.3 is 0 Å². The molecule has 1 fully saturated rings. The van der Waals surface area contributed by atoms with E-state index in [2.05, 4.69) is 15.3 Å². The quantitative estimate of drug-likeness (QED) is 0.684. The molecule has 9 heteroatoms. The van der Waals surface area contributed by atoms with Gasteiger partial charge in [-0.15, -0.1) is 0 Å². The summed E-state index contributed by atoms with van der Waals surface area (Å²) in [7, 11) is 0. The van der Waals surface area contributed by atoms with Crippen LogP contribution in [0.25, 0.3) is 10.9 Å². The number of aromatic nitrogens is 2. The van der Waals surface area contributed by atoms with E-state index in [4.69, 9.17) is 30.5 Å². The van der Waals surface area contributed by atoms with Gasteiger partial charge in [0, 0.05) is 18.2 Å². The molecule has 5 rings (SSSR count). The third-order valence-corrected chi connectivity index (χ3v) is 5.05. The third-order valence-electron chi connectivity index (χ3n) is 4.74. The molecule has 1 unspecified atom stereocenters. The fourth-order valence-corrected chi connectivity index (χ4v) is 3.51. The lowest BCUT2D eigenvalue weighted by molar-refractivity contribution is 0.128. The summed E-state index contributed by atoms with van der Waals surface area (Å²) in [5, 5.41) is 3.79. The Labute approximate surface area is 170 Å². The Morgan fingerprint density at radius 1 is 1.10 bits per heavy atom. The summed E-state index contributed by atoms with van der Waals surface area (Å²) in [5.74, 6) is 1.52. The van der Waals surface area contributed by atoms with Crippen molar-refractivity contribution in [3.63, 3.8) is 0 Å². The molecule has 1 atom stereocenters. The van der Waals surface area contributed by atoms with Crippen molar-refractivity contribution in [3.05, 3.63) is 41.4 Å². The average Bonchev–Trinajstić information content (AvgIpc) is 3.24. The second-order valence-electron chi connectivity index (χ2n) is 6.70. The molecule has 0 aliphatic carbocycles. The Hall–Kier alpha value is -2.84. The van der Waals surface area contributed by atoms with Gasteiger partial charge in [0.25, 0.3) is 0 Å². The third kappa shape index (κ3) is 3.49. The van der Waals surface area contributed by atoms with Crippen LogP contribution in [0.15, 0.2) is 30.6 Å². The molecule has 29 heavy (non-hydrogen) atoms. The molecule has 3 heterocycles. The van der Waals surface area contributed by atoms with Crippen LogP contribution in [-0.2, 0) is 4.74 Å². The van der Waals surface area contributed by atoms with Crippen molar-refractivity contribution in [1.82, 2.24) is 9.97 Å². The van der Waals surface area contributed by atoms with Crippen molar-refractivity contribution >= 4 is 34.0 Å². The zero-order valence-corrected chi connectivity index (χ0v) is 16.0. The largest absolute Gasteiger partial charge is 0.485 e. The first kappa shape index (κ1) is 18.2. The van der Waals surface area contributed by atoms with Crippen LogP contribution in [0.5, 0.6) is 17.2 Å².